The summed E-state index contributed by atoms with van der Waals surface area (Å²) in [6.45, 7) is 0.996. The number of halogens is 1. The second kappa shape index (κ2) is 2.49. The Morgan fingerprint density at radius 3 is 2.85 bits per heavy atom. The second-order valence-corrected chi connectivity index (χ2v) is 4.66. The molecule has 68 valence electrons. The van der Waals surface area contributed by atoms with E-state index in [1.165, 1.54) is 30.4 Å². The van der Waals surface area contributed by atoms with Gasteiger partial charge in [0.1, 0.15) is 0 Å². The summed E-state index contributed by atoms with van der Waals surface area (Å²) >= 11 is 5.94. The summed E-state index contributed by atoms with van der Waals surface area (Å²) in [6, 6.07) is 6.26. The maximum atomic E-state index is 5.94. The van der Waals surface area contributed by atoms with Gasteiger partial charge in [0, 0.05) is 17.1 Å². The number of hydrogen-bond acceptors (Lipinski definition) is 1. The first kappa shape index (κ1) is 7.84. The molecule has 1 saturated carbocycles. The Hall–Kier alpha value is -0.530. The number of benzene rings is 1. The zero-order chi connectivity index (χ0) is 8.89. The molecule has 1 spiro atoms. The van der Waals surface area contributed by atoms with E-state index < -0.39 is 0 Å². The Labute approximate surface area is 83.1 Å². The van der Waals surface area contributed by atoms with Crippen molar-refractivity contribution in [2.24, 2.45) is 0 Å². The first-order chi connectivity index (χ1) is 6.27. The van der Waals surface area contributed by atoms with Gasteiger partial charge in [-0.2, -0.15) is 0 Å². The first-order valence-electron chi connectivity index (χ1n) is 4.80. The lowest BCUT2D eigenvalue weighted by atomic mass is 9.94. The highest BCUT2D eigenvalue weighted by Crippen LogP contribution is 2.42. The van der Waals surface area contributed by atoms with Gasteiger partial charge in [0.15, 0.2) is 0 Å². The molecule has 1 aromatic carbocycles. The predicted molar refractivity (Wildman–Crippen MR) is 54.0 cm³/mol. The van der Waals surface area contributed by atoms with Crippen LogP contribution in [0.1, 0.15) is 24.0 Å². The lowest BCUT2D eigenvalue weighted by Gasteiger charge is -2.25. The van der Waals surface area contributed by atoms with E-state index in [1.54, 1.807) is 0 Å². The molecule has 2 aliphatic rings. The van der Waals surface area contributed by atoms with E-state index in [9.17, 15) is 0 Å². The van der Waals surface area contributed by atoms with E-state index in [4.69, 9.17) is 11.6 Å². The SMILES string of the molecule is Clc1ccc2c(c1)CNC1(CC1)C2. The Kier molecular flexibility index (Phi) is 1.50. The van der Waals surface area contributed by atoms with Crippen LogP contribution in [0.4, 0.5) is 0 Å². The van der Waals surface area contributed by atoms with E-state index in [0.717, 1.165) is 11.6 Å². The summed E-state index contributed by atoms with van der Waals surface area (Å²) in [4.78, 5) is 0. The number of rotatable bonds is 0. The molecule has 0 atom stereocenters. The highest BCUT2D eigenvalue weighted by molar-refractivity contribution is 6.30. The van der Waals surface area contributed by atoms with Crippen LogP contribution in [0.3, 0.4) is 0 Å². The molecule has 13 heavy (non-hydrogen) atoms. The number of hydrogen-bond donors (Lipinski definition) is 1. The molecular formula is C11H12ClN. The van der Waals surface area contributed by atoms with Crippen LogP contribution in [-0.4, -0.2) is 5.54 Å². The fourth-order valence-corrected chi connectivity index (χ4v) is 2.34. The molecule has 2 heteroatoms. The van der Waals surface area contributed by atoms with Crippen LogP contribution >= 0.6 is 11.6 Å². The van der Waals surface area contributed by atoms with Crippen LogP contribution in [0.5, 0.6) is 0 Å². The van der Waals surface area contributed by atoms with Crippen molar-refractivity contribution in [3.63, 3.8) is 0 Å². The quantitative estimate of drug-likeness (QED) is 0.668. The smallest absolute Gasteiger partial charge is 0.0409 e. The number of fused-ring (bicyclic) bond motifs is 1. The zero-order valence-corrected chi connectivity index (χ0v) is 8.19. The van der Waals surface area contributed by atoms with Crippen molar-refractivity contribution in [1.29, 1.82) is 0 Å². The van der Waals surface area contributed by atoms with Crippen molar-refractivity contribution in [3.05, 3.63) is 34.3 Å². The fraction of sp³-hybridized carbons (Fsp3) is 0.455. The molecule has 1 N–H and O–H groups in total. The zero-order valence-electron chi connectivity index (χ0n) is 7.44. The highest BCUT2D eigenvalue weighted by Gasteiger charge is 2.44. The summed E-state index contributed by atoms with van der Waals surface area (Å²) in [7, 11) is 0. The van der Waals surface area contributed by atoms with Gasteiger partial charge >= 0.3 is 0 Å². The minimum atomic E-state index is 0.473. The average Bonchev–Trinajstić information content (AvgIpc) is 2.87. The van der Waals surface area contributed by atoms with Gasteiger partial charge in [0.25, 0.3) is 0 Å². The molecule has 0 amide bonds. The van der Waals surface area contributed by atoms with E-state index in [-0.39, 0.29) is 0 Å². The summed E-state index contributed by atoms with van der Waals surface area (Å²) < 4.78 is 0. The Morgan fingerprint density at radius 1 is 1.23 bits per heavy atom. The van der Waals surface area contributed by atoms with Crippen LogP contribution in [0.15, 0.2) is 18.2 Å². The highest BCUT2D eigenvalue weighted by atomic mass is 35.5. The van der Waals surface area contributed by atoms with Gasteiger partial charge in [-0.15, -0.1) is 0 Å². The molecule has 1 fully saturated rings. The molecule has 1 aliphatic heterocycles. The average molecular weight is 194 g/mol. The van der Waals surface area contributed by atoms with E-state index in [2.05, 4.69) is 17.4 Å². The van der Waals surface area contributed by atoms with E-state index in [1.807, 2.05) is 6.07 Å². The maximum absolute atomic E-state index is 5.94. The van der Waals surface area contributed by atoms with Gasteiger partial charge in [-0.3, -0.25) is 0 Å². The molecule has 0 aromatic heterocycles. The molecule has 3 rings (SSSR count). The number of nitrogens with one attached hydrogen (secondary N) is 1. The van der Waals surface area contributed by atoms with Crippen LogP contribution in [-0.2, 0) is 13.0 Å². The lowest BCUT2D eigenvalue weighted by molar-refractivity contribution is 0.464. The van der Waals surface area contributed by atoms with Gasteiger partial charge < -0.3 is 5.32 Å². The topological polar surface area (TPSA) is 12.0 Å². The third-order valence-electron chi connectivity index (χ3n) is 3.20. The summed E-state index contributed by atoms with van der Waals surface area (Å²) in [6.07, 6.45) is 3.88. The van der Waals surface area contributed by atoms with Gasteiger partial charge in [-0.05, 0) is 42.5 Å². The molecule has 1 aliphatic carbocycles. The second-order valence-electron chi connectivity index (χ2n) is 4.22. The van der Waals surface area contributed by atoms with Gasteiger partial charge in [0.05, 0.1) is 0 Å². The summed E-state index contributed by atoms with van der Waals surface area (Å²) in [5.74, 6) is 0. The van der Waals surface area contributed by atoms with Gasteiger partial charge in [-0.25, -0.2) is 0 Å². The van der Waals surface area contributed by atoms with Crippen LogP contribution in [0.2, 0.25) is 5.02 Å². The Morgan fingerprint density at radius 2 is 2.08 bits per heavy atom. The summed E-state index contributed by atoms with van der Waals surface area (Å²) in [5, 5.41) is 4.45. The third-order valence-corrected chi connectivity index (χ3v) is 3.44. The molecule has 0 bridgehead atoms. The van der Waals surface area contributed by atoms with Crippen molar-refractivity contribution in [2.75, 3.05) is 0 Å². The van der Waals surface area contributed by atoms with Crippen molar-refractivity contribution < 1.29 is 0 Å². The van der Waals surface area contributed by atoms with Crippen LogP contribution in [0, 0.1) is 0 Å². The van der Waals surface area contributed by atoms with E-state index >= 15 is 0 Å². The molecule has 0 radical (unpaired) electrons. The first-order valence-corrected chi connectivity index (χ1v) is 5.18. The predicted octanol–water partition coefficient (Wildman–Crippen LogP) is 2.52. The Balaban J connectivity index is 2.00. The molecule has 0 unspecified atom stereocenters. The van der Waals surface area contributed by atoms with Crippen LogP contribution < -0.4 is 5.32 Å². The molecule has 1 nitrogen and oxygen atoms in total. The van der Waals surface area contributed by atoms with Gasteiger partial charge in [-0.1, -0.05) is 17.7 Å². The molecule has 0 saturated heterocycles. The third kappa shape index (κ3) is 1.27. The van der Waals surface area contributed by atoms with Crippen LogP contribution in [0.25, 0.3) is 0 Å². The molecule has 1 aromatic rings. The van der Waals surface area contributed by atoms with Crippen molar-refractivity contribution >= 4 is 11.6 Å². The molecule has 1 heterocycles. The standard InChI is InChI=1S/C11H12ClN/c12-10-2-1-8-6-11(3-4-11)13-7-9(8)5-10/h1-2,5,13H,3-4,6-7H2. The van der Waals surface area contributed by atoms with E-state index in [0.29, 0.717) is 5.54 Å². The fourth-order valence-electron chi connectivity index (χ4n) is 2.15. The van der Waals surface area contributed by atoms with Crippen molar-refractivity contribution in [3.8, 4) is 0 Å². The normalized spacial score (nSPS) is 22.8. The minimum absolute atomic E-state index is 0.473. The largest absolute Gasteiger partial charge is 0.307 e. The van der Waals surface area contributed by atoms with Gasteiger partial charge in [0.2, 0.25) is 0 Å². The maximum Gasteiger partial charge on any atom is 0.0409 e. The van der Waals surface area contributed by atoms with Crippen molar-refractivity contribution in [1.82, 2.24) is 5.32 Å². The lowest BCUT2D eigenvalue weighted by Crippen LogP contribution is -2.37. The Bertz CT molecular complexity index is 355. The summed E-state index contributed by atoms with van der Waals surface area (Å²) in [5.41, 5.74) is 3.34. The molecular weight excluding hydrogens is 182 g/mol. The minimum Gasteiger partial charge on any atom is -0.307 e. The van der Waals surface area contributed by atoms with Crippen molar-refractivity contribution in [2.45, 2.75) is 31.3 Å². The monoisotopic (exact) mass is 193 g/mol.